The number of methoxy groups -OCH3 is 1. The predicted molar refractivity (Wildman–Crippen MR) is 125 cm³/mol. The highest BCUT2D eigenvalue weighted by molar-refractivity contribution is 14.0. The maximum absolute atomic E-state index is 12.5. The van der Waals surface area contributed by atoms with E-state index in [0.717, 1.165) is 28.4 Å². The first-order chi connectivity index (χ1) is 13.4. The highest BCUT2D eigenvalue weighted by Gasteiger charge is 2.31. The van der Waals surface area contributed by atoms with Gasteiger partial charge in [-0.3, -0.25) is 14.5 Å². The molecule has 1 fully saturated rings. The van der Waals surface area contributed by atoms with Crippen LogP contribution in [0.5, 0.6) is 5.75 Å². The molecule has 1 unspecified atom stereocenters. The zero-order valence-electron chi connectivity index (χ0n) is 17.5. The fraction of sp³-hybridized carbons (Fsp3) is 0.450. The Hall–Kier alpha value is -2.30. The van der Waals surface area contributed by atoms with E-state index in [4.69, 9.17) is 4.74 Å². The van der Waals surface area contributed by atoms with Crippen molar-refractivity contribution >= 4 is 41.5 Å². The monoisotopic (exact) mass is 512 g/mol. The van der Waals surface area contributed by atoms with Gasteiger partial charge in [-0.15, -0.1) is 24.0 Å². The van der Waals surface area contributed by atoms with Crippen LogP contribution in [0.2, 0.25) is 0 Å². The van der Waals surface area contributed by atoms with Crippen LogP contribution in [0.1, 0.15) is 23.4 Å². The molecule has 158 valence electrons. The summed E-state index contributed by atoms with van der Waals surface area (Å²) in [6.07, 6.45) is 0.420. The molecule has 0 radical (unpaired) electrons. The minimum Gasteiger partial charge on any atom is -0.497 e. The van der Waals surface area contributed by atoms with Crippen LogP contribution >= 0.6 is 24.0 Å². The second-order valence-electron chi connectivity index (χ2n) is 6.95. The number of ether oxygens (including phenoxy) is 1. The van der Waals surface area contributed by atoms with Crippen molar-refractivity contribution in [3.05, 3.63) is 41.2 Å². The second kappa shape index (κ2) is 9.95. The molecule has 0 saturated carbocycles. The number of hydrogen-bond donors (Lipinski definition) is 2. The molecular weight excluding hydrogens is 483 g/mol. The average molecular weight is 512 g/mol. The quantitative estimate of drug-likeness (QED) is 0.365. The number of rotatable bonds is 5. The number of amides is 1. The third kappa shape index (κ3) is 5.20. The van der Waals surface area contributed by atoms with Gasteiger partial charge in [0, 0.05) is 56.6 Å². The molecule has 3 rings (SSSR count). The second-order valence-corrected chi connectivity index (χ2v) is 6.95. The summed E-state index contributed by atoms with van der Waals surface area (Å²) in [4.78, 5) is 18.6. The molecule has 9 heteroatoms. The van der Waals surface area contributed by atoms with Crippen LogP contribution in [0.4, 0.5) is 5.69 Å². The summed E-state index contributed by atoms with van der Waals surface area (Å²) in [5.74, 6) is 1.49. The molecule has 1 atom stereocenters. The van der Waals surface area contributed by atoms with Gasteiger partial charge in [0.25, 0.3) is 0 Å². The van der Waals surface area contributed by atoms with Crippen molar-refractivity contribution in [3.8, 4) is 5.75 Å². The first-order valence-electron chi connectivity index (χ1n) is 9.33. The van der Waals surface area contributed by atoms with Crippen LogP contribution in [0.15, 0.2) is 29.3 Å². The lowest BCUT2D eigenvalue weighted by molar-refractivity contribution is -0.117. The average Bonchev–Trinajstić information content (AvgIpc) is 3.17. The molecule has 1 aliphatic heterocycles. The van der Waals surface area contributed by atoms with Gasteiger partial charge in [0.05, 0.1) is 18.8 Å². The van der Waals surface area contributed by atoms with E-state index in [1.165, 1.54) is 0 Å². The van der Waals surface area contributed by atoms with Gasteiger partial charge in [-0.25, -0.2) is 0 Å². The Morgan fingerprint density at radius 2 is 2.14 bits per heavy atom. The molecule has 8 nitrogen and oxygen atoms in total. The summed E-state index contributed by atoms with van der Waals surface area (Å²) < 4.78 is 7.14. The van der Waals surface area contributed by atoms with Gasteiger partial charge in [-0.05, 0) is 26.0 Å². The summed E-state index contributed by atoms with van der Waals surface area (Å²) in [6, 6.07) is 7.54. The van der Waals surface area contributed by atoms with Crippen LogP contribution in [-0.4, -0.2) is 48.4 Å². The zero-order valence-corrected chi connectivity index (χ0v) is 19.9. The van der Waals surface area contributed by atoms with Gasteiger partial charge in [0.15, 0.2) is 5.96 Å². The Morgan fingerprint density at radius 1 is 1.38 bits per heavy atom. The molecule has 1 aromatic heterocycles. The van der Waals surface area contributed by atoms with Crippen LogP contribution in [0, 0.1) is 13.8 Å². The molecule has 0 spiro atoms. The number of nitrogens with zero attached hydrogens (tertiary/aromatic N) is 4. The third-order valence-corrected chi connectivity index (χ3v) is 5.15. The Labute approximate surface area is 188 Å². The SMILES string of the molecule is CN=C(NCc1c(C)nn(C)c1C)NC1CC(=O)N(c2cccc(OC)c2)C1.I. The van der Waals surface area contributed by atoms with E-state index in [0.29, 0.717) is 25.5 Å². The maximum Gasteiger partial charge on any atom is 0.229 e. The largest absolute Gasteiger partial charge is 0.497 e. The summed E-state index contributed by atoms with van der Waals surface area (Å²) in [5.41, 5.74) is 4.13. The lowest BCUT2D eigenvalue weighted by Crippen LogP contribution is -2.44. The number of benzene rings is 1. The summed E-state index contributed by atoms with van der Waals surface area (Å²) in [5, 5.41) is 11.1. The summed E-state index contributed by atoms with van der Waals surface area (Å²) in [7, 11) is 5.29. The number of guanidine groups is 1. The molecule has 1 saturated heterocycles. The lowest BCUT2D eigenvalue weighted by atomic mass is 10.2. The third-order valence-electron chi connectivity index (χ3n) is 5.15. The Bertz CT molecular complexity index is 895. The Morgan fingerprint density at radius 3 is 2.76 bits per heavy atom. The summed E-state index contributed by atoms with van der Waals surface area (Å²) >= 11 is 0. The number of nitrogens with one attached hydrogen (secondary N) is 2. The zero-order chi connectivity index (χ0) is 20.3. The standard InChI is InChI=1S/C20H28N6O2.HI/c1-13-18(14(2)25(4)24-13)11-22-20(21-3)23-15-9-19(27)26(12-15)16-7-6-8-17(10-16)28-5;/h6-8,10,15H,9,11-12H2,1-5H3,(H2,21,22,23);1H. The highest BCUT2D eigenvalue weighted by atomic mass is 127. The van der Waals surface area contributed by atoms with E-state index in [1.54, 1.807) is 19.1 Å². The number of aliphatic imine (C=N–C) groups is 1. The molecule has 2 N–H and O–H groups in total. The fourth-order valence-electron chi connectivity index (χ4n) is 3.47. The molecule has 1 aromatic carbocycles. The van der Waals surface area contributed by atoms with Crippen LogP contribution in [-0.2, 0) is 18.4 Å². The fourth-order valence-corrected chi connectivity index (χ4v) is 3.47. The van der Waals surface area contributed by atoms with E-state index in [9.17, 15) is 4.79 Å². The first kappa shape index (κ1) is 23.0. The Kier molecular flexibility index (Phi) is 7.88. The van der Waals surface area contributed by atoms with E-state index >= 15 is 0 Å². The van der Waals surface area contributed by atoms with E-state index in [1.807, 2.05) is 42.9 Å². The molecule has 2 aromatic rings. The van der Waals surface area contributed by atoms with Gasteiger partial charge in [0.2, 0.25) is 5.91 Å². The van der Waals surface area contributed by atoms with Crippen LogP contribution < -0.4 is 20.3 Å². The van der Waals surface area contributed by atoms with Crippen molar-refractivity contribution in [3.63, 3.8) is 0 Å². The van der Waals surface area contributed by atoms with Crippen molar-refractivity contribution in [1.82, 2.24) is 20.4 Å². The number of carbonyl (C=O) groups is 1. The molecular formula is C20H29IN6O2. The van der Waals surface area contributed by atoms with Crippen molar-refractivity contribution in [2.45, 2.75) is 32.9 Å². The van der Waals surface area contributed by atoms with Gasteiger partial charge in [-0.1, -0.05) is 6.07 Å². The molecule has 0 aliphatic carbocycles. The van der Waals surface area contributed by atoms with Crippen LogP contribution in [0.3, 0.4) is 0 Å². The normalized spacial score (nSPS) is 16.6. The minimum atomic E-state index is -0.0130. The lowest BCUT2D eigenvalue weighted by Gasteiger charge is -2.19. The van der Waals surface area contributed by atoms with E-state index in [2.05, 4.69) is 27.6 Å². The number of aryl methyl sites for hydroxylation is 2. The smallest absolute Gasteiger partial charge is 0.229 e. The van der Waals surface area contributed by atoms with Crippen molar-refractivity contribution in [1.29, 1.82) is 0 Å². The molecule has 1 aliphatic rings. The number of carbonyl (C=O) groups excluding carboxylic acids is 1. The Balaban J connectivity index is 0.00000300. The maximum atomic E-state index is 12.5. The number of aromatic nitrogens is 2. The minimum absolute atomic E-state index is 0. The molecule has 1 amide bonds. The van der Waals surface area contributed by atoms with Gasteiger partial charge in [-0.2, -0.15) is 5.10 Å². The van der Waals surface area contributed by atoms with Gasteiger partial charge in [0.1, 0.15) is 5.75 Å². The van der Waals surface area contributed by atoms with Crippen molar-refractivity contribution < 1.29 is 9.53 Å². The molecule has 0 bridgehead atoms. The topological polar surface area (TPSA) is 83.8 Å². The molecule has 2 heterocycles. The van der Waals surface area contributed by atoms with Gasteiger partial charge >= 0.3 is 0 Å². The van der Waals surface area contributed by atoms with Crippen LogP contribution in [0.25, 0.3) is 0 Å². The highest BCUT2D eigenvalue weighted by Crippen LogP contribution is 2.25. The van der Waals surface area contributed by atoms with Gasteiger partial charge < -0.3 is 20.3 Å². The van der Waals surface area contributed by atoms with Crippen molar-refractivity contribution in [2.24, 2.45) is 12.0 Å². The number of anilines is 1. The number of halogens is 1. The summed E-state index contributed by atoms with van der Waals surface area (Å²) in [6.45, 7) is 5.26. The number of hydrogen-bond acceptors (Lipinski definition) is 4. The van der Waals surface area contributed by atoms with Crippen molar-refractivity contribution in [2.75, 3.05) is 25.6 Å². The molecule has 29 heavy (non-hydrogen) atoms. The van der Waals surface area contributed by atoms with E-state index in [-0.39, 0.29) is 35.9 Å². The first-order valence-corrected chi connectivity index (χ1v) is 9.33. The predicted octanol–water partition coefficient (Wildman–Crippen LogP) is 2.13. The van der Waals surface area contributed by atoms with E-state index < -0.39 is 0 Å².